The third-order valence-electron chi connectivity index (χ3n) is 3.68. The molecular formula is C14H21NO. The number of hydrogen-bond acceptors (Lipinski definition) is 2. The van der Waals surface area contributed by atoms with Crippen LogP contribution in [0.2, 0.25) is 0 Å². The lowest BCUT2D eigenvalue weighted by molar-refractivity contribution is 0.0277. The predicted octanol–water partition coefficient (Wildman–Crippen LogP) is 2.59. The molecule has 1 aliphatic heterocycles. The van der Waals surface area contributed by atoms with Crippen LogP contribution in [0.4, 0.5) is 0 Å². The highest BCUT2D eigenvalue weighted by molar-refractivity contribution is 5.18. The Balaban J connectivity index is 2.07. The maximum atomic E-state index is 9.62. The van der Waals surface area contributed by atoms with Gasteiger partial charge < -0.3 is 5.11 Å². The van der Waals surface area contributed by atoms with E-state index in [-0.39, 0.29) is 6.10 Å². The van der Waals surface area contributed by atoms with Gasteiger partial charge in [-0.1, -0.05) is 30.3 Å². The molecule has 2 nitrogen and oxygen atoms in total. The molecule has 1 heterocycles. The molecule has 2 heteroatoms. The van der Waals surface area contributed by atoms with Crippen molar-refractivity contribution >= 4 is 0 Å². The largest absolute Gasteiger partial charge is 0.393 e. The smallest absolute Gasteiger partial charge is 0.0567 e. The molecule has 1 fully saturated rings. The molecule has 0 aliphatic carbocycles. The standard InChI is InChI=1S/C14H21NO/c1-11-10-14(16)8-9-15(11)12(2)13-6-4-3-5-7-13/h3-7,11-12,14,16H,8-10H2,1-2H3. The van der Waals surface area contributed by atoms with E-state index in [1.54, 1.807) is 0 Å². The van der Waals surface area contributed by atoms with E-state index in [9.17, 15) is 5.11 Å². The summed E-state index contributed by atoms with van der Waals surface area (Å²) in [5, 5.41) is 9.62. The van der Waals surface area contributed by atoms with Crippen molar-refractivity contribution in [1.82, 2.24) is 4.90 Å². The van der Waals surface area contributed by atoms with Crippen LogP contribution in [-0.2, 0) is 0 Å². The van der Waals surface area contributed by atoms with Crippen molar-refractivity contribution < 1.29 is 5.11 Å². The predicted molar refractivity (Wildman–Crippen MR) is 66.3 cm³/mol. The van der Waals surface area contributed by atoms with Crippen molar-refractivity contribution in [3.05, 3.63) is 35.9 Å². The summed E-state index contributed by atoms with van der Waals surface area (Å²) in [5.74, 6) is 0. The average Bonchev–Trinajstić information content (AvgIpc) is 2.29. The number of piperidine rings is 1. The second kappa shape index (κ2) is 4.98. The topological polar surface area (TPSA) is 23.5 Å². The molecule has 2 rings (SSSR count). The fourth-order valence-corrected chi connectivity index (χ4v) is 2.66. The van der Waals surface area contributed by atoms with Crippen molar-refractivity contribution in [3.63, 3.8) is 0 Å². The molecule has 3 atom stereocenters. The third-order valence-corrected chi connectivity index (χ3v) is 3.68. The Labute approximate surface area is 97.9 Å². The quantitative estimate of drug-likeness (QED) is 0.826. The maximum absolute atomic E-state index is 9.62. The van der Waals surface area contributed by atoms with Crippen LogP contribution in [0.5, 0.6) is 0 Å². The molecular weight excluding hydrogens is 198 g/mol. The second-order valence-corrected chi connectivity index (χ2v) is 4.85. The zero-order valence-electron chi connectivity index (χ0n) is 10.1. The Morgan fingerprint density at radius 3 is 2.62 bits per heavy atom. The molecule has 0 bridgehead atoms. The summed E-state index contributed by atoms with van der Waals surface area (Å²) in [4.78, 5) is 2.49. The Hall–Kier alpha value is -0.860. The minimum Gasteiger partial charge on any atom is -0.393 e. The number of benzene rings is 1. The van der Waals surface area contributed by atoms with Crippen molar-refractivity contribution in [2.24, 2.45) is 0 Å². The normalized spacial score (nSPS) is 28.9. The van der Waals surface area contributed by atoms with Crippen LogP contribution in [0.25, 0.3) is 0 Å². The van der Waals surface area contributed by atoms with Gasteiger partial charge in [-0.05, 0) is 32.3 Å². The van der Waals surface area contributed by atoms with E-state index >= 15 is 0 Å². The highest BCUT2D eigenvalue weighted by atomic mass is 16.3. The Morgan fingerprint density at radius 1 is 1.31 bits per heavy atom. The van der Waals surface area contributed by atoms with Crippen LogP contribution < -0.4 is 0 Å². The molecule has 1 saturated heterocycles. The Kier molecular flexibility index (Phi) is 3.62. The number of hydrogen-bond donors (Lipinski definition) is 1. The highest BCUT2D eigenvalue weighted by Gasteiger charge is 2.27. The molecule has 1 aromatic carbocycles. The minimum absolute atomic E-state index is 0.103. The van der Waals surface area contributed by atoms with Gasteiger partial charge in [-0.2, -0.15) is 0 Å². The average molecular weight is 219 g/mol. The van der Waals surface area contributed by atoms with Gasteiger partial charge >= 0.3 is 0 Å². The molecule has 88 valence electrons. The van der Waals surface area contributed by atoms with Crippen LogP contribution >= 0.6 is 0 Å². The van der Waals surface area contributed by atoms with Gasteiger partial charge in [0.1, 0.15) is 0 Å². The summed E-state index contributed by atoms with van der Waals surface area (Å²) in [6.07, 6.45) is 1.70. The molecule has 0 radical (unpaired) electrons. The van der Waals surface area contributed by atoms with E-state index in [4.69, 9.17) is 0 Å². The lowest BCUT2D eigenvalue weighted by atomic mass is 9.96. The van der Waals surface area contributed by atoms with Crippen molar-refractivity contribution in [3.8, 4) is 0 Å². The first-order valence-corrected chi connectivity index (χ1v) is 6.17. The lowest BCUT2D eigenvalue weighted by Gasteiger charge is -2.40. The molecule has 0 spiro atoms. The zero-order chi connectivity index (χ0) is 11.5. The Bertz CT molecular complexity index is 325. The van der Waals surface area contributed by atoms with Gasteiger partial charge in [0.25, 0.3) is 0 Å². The van der Waals surface area contributed by atoms with Gasteiger partial charge in [0.2, 0.25) is 0 Å². The first-order valence-electron chi connectivity index (χ1n) is 6.17. The summed E-state index contributed by atoms with van der Waals surface area (Å²) in [7, 11) is 0. The zero-order valence-corrected chi connectivity index (χ0v) is 10.1. The van der Waals surface area contributed by atoms with Gasteiger partial charge in [0, 0.05) is 18.6 Å². The number of nitrogens with zero attached hydrogens (tertiary/aromatic N) is 1. The molecule has 0 saturated carbocycles. The number of aliphatic hydroxyl groups is 1. The van der Waals surface area contributed by atoms with Crippen LogP contribution in [0, 0.1) is 0 Å². The highest BCUT2D eigenvalue weighted by Crippen LogP contribution is 2.27. The number of aliphatic hydroxyl groups excluding tert-OH is 1. The summed E-state index contributed by atoms with van der Waals surface area (Å²) in [6, 6.07) is 11.5. The van der Waals surface area contributed by atoms with E-state index in [2.05, 4.69) is 49.1 Å². The first kappa shape index (κ1) is 11.6. The van der Waals surface area contributed by atoms with E-state index in [1.165, 1.54) is 5.56 Å². The molecule has 0 amide bonds. The molecule has 16 heavy (non-hydrogen) atoms. The minimum atomic E-state index is -0.103. The first-order chi connectivity index (χ1) is 7.68. The maximum Gasteiger partial charge on any atom is 0.0567 e. The summed E-state index contributed by atoms with van der Waals surface area (Å²) in [6.45, 7) is 5.46. The van der Waals surface area contributed by atoms with E-state index in [0.29, 0.717) is 12.1 Å². The fraction of sp³-hybridized carbons (Fsp3) is 0.571. The summed E-state index contributed by atoms with van der Waals surface area (Å²) in [5.41, 5.74) is 1.37. The monoisotopic (exact) mass is 219 g/mol. The van der Waals surface area contributed by atoms with Crippen molar-refractivity contribution in [1.29, 1.82) is 0 Å². The van der Waals surface area contributed by atoms with Gasteiger partial charge in [0.05, 0.1) is 6.10 Å². The molecule has 1 aliphatic rings. The third kappa shape index (κ3) is 2.45. The van der Waals surface area contributed by atoms with Gasteiger partial charge in [-0.15, -0.1) is 0 Å². The van der Waals surface area contributed by atoms with Crippen LogP contribution in [0.1, 0.15) is 38.3 Å². The molecule has 3 unspecified atom stereocenters. The fourth-order valence-electron chi connectivity index (χ4n) is 2.66. The summed E-state index contributed by atoms with van der Waals surface area (Å²) < 4.78 is 0. The van der Waals surface area contributed by atoms with Crippen molar-refractivity contribution in [2.75, 3.05) is 6.54 Å². The second-order valence-electron chi connectivity index (χ2n) is 4.85. The van der Waals surface area contributed by atoms with Crippen LogP contribution in [-0.4, -0.2) is 28.7 Å². The van der Waals surface area contributed by atoms with E-state index < -0.39 is 0 Å². The molecule has 1 aromatic rings. The van der Waals surface area contributed by atoms with Crippen molar-refractivity contribution in [2.45, 2.75) is 44.9 Å². The lowest BCUT2D eigenvalue weighted by Crippen LogP contribution is -2.43. The van der Waals surface area contributed by atoms with Gasteiger partial charge in [-0.3, -0.25) is 4.90 Å². The van der Waals surface area contributed by atoms with Crippen LogP contribution in [0.15, 0.2) is 30.3 Å². The van der Waals surface area contributed by atoms with E-state index in [0.717, 1.165) is 19.4 Å². The SMILES string of the molecule is CC1CC(O)CCN1C(C)c1ccccc1. The van der Waals surface area contributed by atoms with E-state index in [1.807, 2.05) is 0 Å². The summed E-state index contributed by atoms with van der Waals surface area (Å²) >= 11 is 0. The van der Waals surface area contributed by atoms with Crippen LogP contribution in [0.3, 0.4) is 0 Å². The Morgan fingerprint density at radius 2 is 2.00 bits per heavy atom. The van der Waals surface area contributed by atoms with Gasteiger partial charge in [0.15, 0.2) is 0 Å². The van der Waals surface area contributed by atoms with Gasteiger partial charge in [-0.25, -0.2) is 0 Å². The molecule has 1 N–H and O–H groups in total. The molecule has 0 aromatic heterocycles. The number of likely N-dealkylation sites (tertiary alicyclic amines) is 1. The number of rotatable bonds is 2.